The van der Waals surface area contributed by atoms with Gasteiger partial charge in [0.05, 0.1) is 36.4 Å². The quantitative estimate of drug-likeness (QED) is 0.479. The second kappa shape index (κ2) is 8.88. The number of sulfone groups is 1. The maximum atomic E-state index is 13.2. The lowest BCUT2D eigenvalue weighted by Gasteiger charge is -2.21. The summed E-state index contributed by atoms with van der Waals surface area (Å²) in [6, 6.07) is 2.87. The van der Waals surface area contributed by atoms with E-state index in [-0.39, 0.29) is 42.7 Å². The summed E-state index contributed by atoms with van der Waals surface area (Å²) in [4.78, 5) is 15.9. The molecule has 3 aromatic rings. The summed E-state index contributed by atoms with van der Waals surface area (Å²) in [5, 5.41) is 23.0. The minimum absolute atomic E-state index is 0.0302. The third kappa shape index (κ3) is 4.33. The van der Waals surface area contributed by atoms with Gasteiger partial charge in [0.15, 0.2) is 9.84 Å². The molecule has 3 rings (SSSR count). The van der Waals surface area contributed by atoms with Crippen LogP contribution >= 0.6 is 0 Å². The molecule has 0 aliphatic heterocycles. The number of hydrogen-bond acceptors (Lipinski definition) is 8. The van der Waals surface area contributed by atoms with Crippen LogP contribution < -0.4 is 4.74 Å². The number of fused-ring (bicyclic) bond motifs is 1. The van der Waals surface area contributed by atoms with Crippen LogP contribution in [0.5, 0.6) is 5.75 Å². The second-order valence-electron chi connectivity index (χ2n) is 8.00. The molecule has 32 heavy (non-hydrogen) atoms. The Labute approximate surface area is 185 Å². The van der Waals surface area contributed by atoms with E-state index in [2.05, 4.69) is 10.1 Å². The van der Waals surface area contributed by atoms with Gasteiger partial charge in [-0.1, -0.05) is 0 Å². The van der Waals surface area contributed by atoms with Gasteiger partial charge in [0.1, 0.15) is 34.3 Å². The van der Waals surface area contributed by atoms with E-state index in [1.54, 1.807) is 20.8 Å². The van der Waals surface area contributed by atoms with Crippen LogP contribution in [0.25, 0.3) is 17.0 Å². The fraction of sp³-hybridized carbons (Fsp3) is 0.450. The Morgan fingerprint density at radius 1 is 1.22 bits per heavy atom. The summed E-state index contributed by atoms with van der Waals surface area (Å²) >= 11 is 0. The Balaban J connectivity index is 2.21. The first-order valence-electron chi connectivity index (χ1n) is 9.81. The molecule has 3 aromatic heterocycles. The number of carbonyl (C=O) groups is 1. The lowest BCUT2D eigenvalue weighted by molar-refractivity contribution is 0.0680. The summed E-state index contributed by atoms with van der Waals surface area (Å²) in [6.45, 7) is 4.88. The van der Waals surface area contributed by atoms with Gasteiger partial charge < -0.3 is 19.7 Å². The minimum atomic E-state index is -3.83. The fourth-order valence-electron chi connectivity index (χ4n) is 3.04. The average Bonchev–Trinajstić information content (AvgIpc) is 3.32. The molecule has 0 saturated heterocycles. The number of imidazole rings is 1. The number of aliphatic hydroxyl groups is 1. The van der Waals surface area contributed by atoms with Crippen molar-refractivity contribution >= 4 is 21.5 Å². The molecule has 0 unspecified atom stereocenters. The van der Waals surface area contributed by atoms with E-state index in [1.807, 2.05) is 0 Å². The number of carboxylic acid groups (broad SMARTS) is 1. The Morgan fingerprint density at radius 3 is 2.53 bits per heavy atom. The van der Waals surface area contributed by atoms with E-state index in [0.29, 0.717) is 17.0 Å². The molecule has 0 spiro atoms. The zero-order chi connectivity index (χ0) is 23.7. The molecule has 0 saturated carbocycles. The molecule has 0 atom stereocenters. The Hall–Kier alpha value is -2.96. The average molecular weight is 467 g/mol. The van der Waals surface area contributed by atoms with E-state index in [9.17, 15) is 18.3 Å². The van der Waals surface area contributed by atoms with Crippen molar-refractivity contribution < 1.29 is 32.9 Å². The zero-order valence-corrected chi connectivity index (χ0v) is 19.1. The van der Waals surface area contributed by atoms with Crippen molar-refractivity contribution in [1.82, 2.24) is 19.2 Å². The SMILES string of the molecule is COCCn1nc(-c2cnc3cc(OCCO)c(S(=O)(=O)C(C)(C)C)cn23)cc1C(=O)O. The molecule has 0 amide bonds. The van der Waals surface area contributed by atoms with Gasteiger partial charge in [-0.25, -0.2) is 18.2 Å². The number of methoxy groups -OCH3 is 1. The van der Waals surface area contributed by atoms with Gasteiger partial charge in [0.25, 0.3) is 0 Å². The molecule has 0 aromatic carbocycles. The van der Waals surface area contributed by atoms with E-state index in [0.717, 1.165) is 0 Å². The van der Waals surface area contributed by atoms with Gasteiger partial charge in [-0.3, -0.25) is 9.08 Å². The Kier molecular flexibility index (Phi) is 6.58. The summed E-state index contributed by atoms with van der Waals surface area (Å²) < 4.78 is 38.7. The highest BCUT2D eigenvalue weighted by atomic mass is 32.2. The monoisotopic (exact) mass is 466 g/mol. The molecular formula is C20H26N4O7S. The van der Waals surface area contributed by atoms with Crippen LogP contribution in [-0.4, -0.2) is 75.4 Å². The first-order chi connectivity index (χ1) is 15.0. The molecular weight excluding hydrogens is 440 g/mol. The number of aliphatic hydroxyl groups excluding tert-OH is 1. The van der Waals surface area contributed by atoms with Crippen molar-refractivity contribution in [2.75, 3.05) is 26.9 Å². The van der Waals surface area contributed by atoms with Gasteiger partial charge >= 0.3 is 5.97 Å². The Bertz CT molecular complexity index is 1240. The van der Waals surface area contributed by atoms with Gasteiger partial charge in [0, 0.05) is 25.4 Å². The normalized spacial score (nSPS) is 12.4. The predicted octanol–water partition coefficient (Wildman–Crippen LogP) is 1.49. The number of aromatic nitrogens is 4. The number of hydrogen-bond donors (Lipinski definition) is 2. The summed E-state index contributed by atoms with van der Waals surface area (Å²) in [5.41, 5.74) is 1.08. The van der Waals surface area contributed by atoms with Crippen LogP contribution in [0.2, 0.25) is 0 Å². The number of ether oxygens (including phenoxy) is 2. The van der Waals surface area contributed by atoms with Crippen LogP contribution in [0.15, 0.2) is 29.4 Å². The second-order valence-corrected chi connectivity index (χ2v) is 10.7. The maximum Gasteiger partial charge on any atom is 0.354 e. The molecule has 3 heterocycles. The molecule has 0 aliphatic carbocycles. The summed E-state index contributed by atoms with van der Waals surface area (Å²) in [7, 11) is -2.32. The van der Waals surface area contributed by atoms with Gasteiger partial charge in [-0.15, -0.1) is 0 Å². The van der Waals surface area contributed by atoms with Crippen LogP contribution in [0.4, 0.5) is 0 Å². The third-order valence-electron chi connectivity index (χ3n) is 4.79. The van der Waals surface area contributed by atoms with Gasteiger partial charge in [-0.2, -0.15) is 5.10 Å². The molecule has 11 nitrogen and oxygen atoms in total. The predicted molar refractivity (Wildman–Crippen MR) is 115 cm³/mol. The van der Waals surface area contributed by atoms with Crippen LogP contribution in [0.1, 0.15) is 31.3 Å². The number of aromatic carboxylic acids is 1. The van der Waals surface area contributed by atoms with Crippen molar-refractivity contribution in [3.8, 4) is 17.1 Å². The molecule has 174 valence electrons. The lowest BCUT2D eigenvalue weighted by atomic mass is 10.3. The lowest BCUT2D eigenvalue weighted by Crippen LogP contribution is -2.28. The molecule has 0 fully saturated rings. The van der Waals surface area contributed by atoms with Gasteiger partial charge in [0.2, 0.25) is 0 Å². The van der Waals surface area contributed by atoms with Crippen molar-refractivity contribution in [2.45, 2.75) is 37.0 Å². The van der Waals surface area contributed by atoms with E-state index >= 15 is 0 Å². The highest BCUT2D eigenvalue weighted by molar-refractivity contribution is 7.92. The van der Waals surface area contributed by atoms with Gasteiger partial charge in [-0.05, 0) is 20.8 Å². The molecule has 2 N–H and O–H groups in total. The zero-order valence-electron chi connectivity index (χ0n) is 18.3. The van der Waals surface area contributed by atoms with Crippen molar-refractivity contribution in [3.05, 3.63) is 30.2 Å². The number of nitrogens with zero attached hydrogens (tertiary/aromatic N) is 4. The largest absolute Gasteiger partial charge is 0.490 e. The smallest absolute Gasteiger partial charge is 0.354 e. The molecule has 0 radical (unpaired) electrons. The Morgan fingerprint density at radius 2 is 1.94 bits per heavy atom. The molecule has 12 heteroatoms. The van der Waals surface area contributed by atoms with Crippen LogP contribution in [0.3, 0.4) is 0 Å². The number of carboxylic acids is 1. The van der Waals surface area contributed by atoms with E-state index < -0.39 is 20.6 Å². The summed E-state index contributed by atoms with van der Waals surface area (Å²) in [5.74, 6) is -1.07. The van der Waals surface area contributed by atoms with Crippen molar-refractivity contribution in [2.24, 2.45) is 0 Å². The third-order valence-corrected chi connectivity index (χ3v) is 7.29. The number of pyridine rings is 1. The van der Waals surface area contributed by atoms with Crippen molar-refractivity contribution in [3.63, 3.8) is 0 Å². The molecule has 0 bridgehead atoms. The standard InChI is InChI=1S/C20H26N4O7S/c1-20(2,3)32(28,29)17-12-23-15(11-21-18(23)10-16(17)31-8-6-25)13-9-14(19(26)27)24(22-13)5-7-30-4/h9-12,25H,5-8H2,1-4H3,(H,26,27). The highest BCUT2D eigenvalue weighted by Crippen LogP contribution is 2.34. The van der Waals surface area contributed by atoms with Crippen molar-refractivity contribution in [1.29, 1.82) is 0 Å². The van der Waals surface area contributed by atoms with Crippen LogP contribution in [-0.2, 0) is 21.1 Å². The summed E-state index contributed by atoms with van der Waals surface area (Å²) in [6.07, 6.45) is 2.87. The van der Waals surface area contributed by atoms with Crippen LogP contribution in [0, 0.1) is 0 Å². The first-order valence-corrected chi connectivity index (χ1v) is 11.3. The maximum absolute atomic E-state index is 13.2. The van der Waals surface area contributed by atoms with E-state index in [1.165, 1.54) is 40.7 Å². The molecule has 0 aliphatic rings. The fourth-order valence-corrected chi connectivity index (χ4v) is 4.33. The number of rotatable bonds is 9. The minimum Gasteiger partial charge on any atom is -0.490 e. The topological polar surface area (TPSA) is 145 Å². The highest BCUT2D eigenvalue weighted by Gasteiger charge is 2.34. The van der Waals surface area contributed by atoms with E-state index in [4.69, 9.17) is 14.6 Å². The first kappa shape index (κ1) is 23.7.